The van der Waals surface area contributed by atoms with E-state index in [2.05, 4.69) is 59.0 Å². The fraction of sp³-hybridized carbons (Fsp3) is 0.480. The van der Waals surface area contributed by atoms with Gasteiger partial charge in [-0.25, -0.2) is 0 Å². The monoisotopic (exact) mass is 397 g/mol. The van der Waals surface area contributed by atoms with Gasteiger partial charge in [-0.15, -0.1) is 0 Å². The van der Waals surface area contributed by atoms with Crippen molar-refractivity contribution >= 4 is 11.6 Å². The second kappa shape index (κ2) is 9.34. The Hall–Kier alpha value is -2.49. The molecular weight excluding hydrogens is 362 g/mol. The minimum absolute atomic E-state index is 0.00211. The van der Waals surface area contributed by atoms with Crippen LogP contribution in [0.15, 0.2) is 42.5 Å². The van der Waals surface area contributed by atoms with E-state index in [1.54, 1.807) is 7.11 Å². The highest BCUT2D eigenvalue weighted by Crippen LogP contribution is 2.31. The molecule has 29 heavy (non-hydrogen) atoms. The van der Waals surface area contributed by atoms with Gasteiger partial charge in [0.15, 0.2) is 0 Å². The lowest BCUT2D eigenvalue weighted by atomic mass is 9.87. The van der Waals surface area contributed by atoms with Gasteiger partial charge in [-0.2, -0.15) is 0 Å². The van der Waals surface area contributed by atoms with E-state index in [-0.39, 0.29) is 16.7 Å². The second-order valence-corrected chi connectivity index (χ2v) is 9.44. The van der Waals surface area contributed by atoms with Crippen LogP contribution in [-0.2, 0) is 15.6 Å². The van der Waals surface area contributed by atoms with Crippen molar-refractivity contribution in [3.63, 3.8) is 0 Å². The fourth-order valence-electron chi connectivity index (χ4n) is 2.96. The van der Waals surface area contributed by atoms with Gasteiger partial charge in [0, 0.05) is 6.42 Å². The van der Waals surface area contributed by atoms with Gasteiger partial charge in [-0.3, -0.25) is 4.79 Å². The summed E-state index contributed by atoms with van der Waals surface area (Å²) in [6, 6.07) is 14.1. The van der Waals surface area contributed by atoms with E-state index in [9.17, 15) is 4.79 Å². The normalized spacial score (nSPS) is 11.8. The van der Waals surface area contributed by atoms with E-state index in [1.165, 1.54) is 5.56 Å². The molecule has 4 nitrogen and oxygen atoms in total. The first-order chi connectivity index (χ1) is 13.5. The van der Waals surface area contributed by atoms with Gasteiger partial charge in [-0.05, 0) is 52.6 Å². The fourth-order valence-corrected chi connectivity index (χ4v) is 2.96. The molecule has 0 radical (unpaired) electrons. The molecule has 1 N–H and O–H groups in total. The third-order valence-electron chi connectivity index (χ3n) is 4.88. The van der Waals surface area contributed by atoms with Crippen molar-refractivity contribution in [3.05, 3.63) is 53.6 Å². The molecule has 0 saturated heterocycles. The van der Waals surface area contributed by atoms with Crippen LogP contribution in [0.1, 0.15) is 65.5 Å². The average molecular weight is 398 g/mol. The third-order valence-corrected chi connectivity index (χ3v) is 4.88. The van der Waals surface area contributed by atoms with Gasteiger partial charge < -0.3 is 14.8 Å². The maximum atomic E-state index is 12.4. The minimum Gasteiger partial charge on any atom is -0.495 e. The molecule has 0 spiro atoms. The minimum atomic E-state index is -0.0407. The molecule has 2 aromatic carbocycles. The zero-order valence-corrected chi connectivity index (χ0v) is 18.9. The number of benzene rings is 2. The Morgan fingerprint density at radius 2 is 1.48 bits per heavy atom. The summed E-state index contributed by atoms with van der Waals surface area (Å²) in [5.41, 5.74) is 3.26. The predicted octanol–water partition coefficient (Wildman–Crippen LogP) is 6.09. The number of hydrogen-bond donors (Lipinski definition) is 1. The second-order valence-electron chi connectivity index (χ2n) is 9.44. The maximum Gasteiger partial charge on any atom is 0.224 e. The van der Waals surface area contributed by atoms with Crippen molar-refractivity contribution in [1.29, 1.82) is 0 Å². The molecule has 1 amide bonds. The van der Waals surface area contributed by atoms with Crippen LogP contribution < -0.4 is 14.8 Å². The standard InChI is InChI=1S/C25H35NO3/c1-24(2,3)18-10-13-20(14-11-18)29-16-8-9-23(27)26-21-17-19(25(4,5)6)12-15-22(21)28-7/h10-15,17H,8-9,16H2,1-7H3,(H,26,27). The quantitative estimate of drug-likeness (QED) is 0.575. The van der Waals surface area contributed by atoms with E-state index >= 15 is 0 Å². The van der Waals surface area contributed by atoms with Gasteiger partial charge in [-0.1, -0.05) is 59.7 Å². The first-order valence-corrected chi connectivity index (χ1v) is 10.2. The number of amides is 1. The summed E-state index contributed by atoms with van der Waals surface area (Å²) in [7, 11) is 1.61. The van der Waals surface area contributed by atoms with Crippen molar-refractivity contribution < 1.29 is 14.3 Å². The van der Waals surface area contributed by atoms with Crippen LogP contribution >= 0.6 is 0 Å². The van der Waals surface area contributed by atoms with Crippen molar-refractivity contribution in [1.82, 2.24) is 0 Å². The number of nitrogens with one attached hydrogen (secondary N) is 1. The highest BCUT2D eigenvalue weighted by molar-refractivity contribution is 5.92. The molecular formula is C25H35NO3. The van der Waals surface area contributed by atoms with Crippen molar-refractivity contribution in [2.24, 2.45) is 0 Å². The smallest absolute Gasteiger partial charge is 0.224 e. The molecule has 0 atom stereocenters. The summed E-state index contributed by atoms with van der Waals surface area (Å²) in [6.07, 6.45) is 1.04. The lowest BCUT2D eigenvalue weighted by molar-refractivity contribution is -0.116. The number of anilines is 1. The number of hydrogen-bond acceptors (Lipinski definition) is 3. The Kier molecular flexibility index (Phi) is 7.34. The Morgan fingerprint density at radius 1 is 0.897 bits per heavy atom. The van der Waals surface area contributed by atoms with E-state index < -0.39 is 0 Å². The molecule has 2 rings (SSSR count). The predicted molar refractivity (Wildman–Crippen MR) is 120 cm³/mol. The summed E-state index contributed by atoms with van der Waals surface area (Å²) in [5, 5.41) is 2.98. The lowest BCUT2D eigenvalue weighted by Crippen LogP contribution is -2.16. The van der Waals surface area contributed by atoms with Gasteiger partial charge in [0.2, 0.25) is 5.91 Å². The zero-order valence-electron chi connectivity index (χ0n) is 18.9. The molecule has 0 fully saturated rings. The summed E-state index contributed by atoms with van der Waals surface area (Å²) >= 11 is 0. The Labute approximate surface area is 175 Å². The number of carbonyl (C=O) groups is 1. The first-order valence-electron chi connectivity index (χ1n) is 10.2. The van der Waals surface area contributed by atoms with Crippen LogP contribution in [0.2, 0.25) is 0 Å². The van der Waals surface area contributed by atoms with Crippen molar-refractivity contribution in [2.45, 2.75) is 65.2 Å². The van der Waals surface area contributed by atoms with Gasteiger partial charge in [0.1, 0.15) is 11.5 Å². The topological polar surface area (TPSA) is 47.6 Å². The van der Waals surface area contributed by atoms with E-state index in [4.69, 9.17) is 9.47 Å². The van der Waals surface area contributed by atoms with E-state index in [0.717, 1.165) is 11.3 Å². The van der Waals surface area contributed by atoms with E-state index in [0.29, 0.717) is 30.9 Å². The Balaban J connectivity index is 1.86. The maximum absolute atomic E-state index is 12.4. The SMILES string of the molecule is COc1ccc(C(C)(C)C)cc1NC(=O)CCCOc1ccc(C(C)(C)C)cc1. The number of rotatable bonds is 7. The van der Waals surface area contributed by atoms with Crippen LogP contribution in [0.3, 0.4) is 0 Å². The number of methoxy groups -OCH3 is 1. The summed E-state index contributed by atoms with van der Waals surface area (Å²) in [4.78, 5) is 12.4. The molecule has 2 aromatic rings. The summed E-state index contributed by atoms with van der Waals surface area (Å²) < 4.78 is 11.2. The van der Waals surface area contributed by atoms with Crippen molar-refractivity contribution in [2.75, 3.05) is 19.0 Å². The molecule has 0 aliphatic carbocycles. The molecule has 0 heterocycles. The first kappa shape index (κ1) is 22.8. The average Bonchev–Trinajstić information content (AvgIpc) is 2.64. The zero-order chi connectivity index (χ0) is 21.7. The molecule has 0 bridgehead atoms. The highest BCUT2D eigenvalue weighted by Gasteiger charge is 2.17. The lowest BCUT2D eigenvalue weighted by Gasteiger charge is -2.21. The van der Waals surface area contributed by atoms with Gasteiger partial charge in [0.25, 0.3) is 0 Å². The molecule has 4 heteroatoms. The van der Waals surface area contributed by atoms with Crippen LogP contribution in [-0.4, -0.2) is 19.6 Å². The largest absolute Gasteiger partial charge is 0.495 e. The van der Waals surface area contributed by atoms with E-state index in [1.807, 2.05) is 30.3 Å². The summed E-state index contributed by atoms with van der Waals surface area (Å²) in [5.74, 6) is 1.46. The molecule has 158 valence electrons. The number of ether oxygens (including phenoxy) is 2. The highest BCUT2D eigenvalue weighted by atomic mass is 16.5. The van der Waals surface area contributed by atoms with Crippen LogP contribution in [0.4, 0.5) is 5.69 Å². The number of carbonyl (C=O) groups excluding carboxylic acids is 1. The Bertz CT molecular complexity index is 811. The molecule has 0 aliphatic heterocycles. The van der Waals surface area contributed by atoms with Gasteiger partial charge in [0.05, 0.1) is 19.4 Å². The van der Waals surface area contributed by atoms with Crippen molar-refractivity contribution in [3.8, 4) is 11.5 Å². The van der Waals surface area contributed by atoms with Crippen LogP contribution in [0.25, 0.3) is 0 Å². The summed E-state index contributed by atoms with van der Waals surface area (Å²) in [6.45, 7) is 13.5. The molecule has 0 saturated carbocycles. The molecule has 0 unspecified atom stereocenters. The third kappa shape index (κ3) is 6.81. The van der Waals surface area contributed by atoms with Gasteiger partial charge >= 0.3 is 0 Å². The molecule has 0 aliphatic rings. The molecule has 0 aromatic heterocycles. The Morgan fingerprint density at radius 3 is 2.03 bits per heavy atom. The van der Waals surface area contributed by atoms with Crippen LogP contribution in [0.5, 0.6) is 11.5 Å². The van der Waals surface area contributed by atoms with Crippen LogP contribution in [0, 0.1) is 0 Å².